The summed E-state index contributed by atoms with van der Waals surface area (Å²) in [7, 11) is 1.38. The molecule has 4 N–H and O–H groups in total. The van der Waals surface area contributed by atoms with Gasteiger partial charge in [0.1, 0.15) is 12.4 Å². The Balaban J connectivity index is 1.75. The number of urea groups is 1. The molecule has 0 aromatic heterocycles. The van der Waals surface area contributed by atoms with E-state index in [-0.39, 0.29) is 31.9 Å². The van der Waals surface area contributed by atoms with E-state index in [4.69, 9.17) is 10.5 Å². The maximum Gasteiger partial charge on any atom is 0.323 e. The molecule has 9 nitrogen and oxygen atoms in total. The minimum absolute atomic E-state index is 0.136. The number of ether oxygens (including phenoxy) is 1. The van der Waals surface area contributed by atoms with Crippen LogP contribution in [0.3, 0.4) is 0 Å². The lowest BCUT2D eigenvalue weighted by atomic mass is 10.1. The zero-order valence-electron chi connectivity index (χ0n) is 17.7. The van der Waals surface area contributed by atoms with Crippen LogP contribution in [0.2, 0.25) is 0 Å². The van der Waals surface area contributed by atoms with Gasteiger partial charge in [0.25, 0.3) is 11.8 Å². The molecule has 1 saturated heterocycles. The van der Waals surface area contributed by atoms with Crippen LogP contribution in [0.4, 0.5) is 14.9 Å². The Morgan fingerprint density at radius 1 is 1.09 bits per heavy atom. The lowest BCUT2D eigenvalue weighted by Gasteiger charge is -2.29. The number of hydrogen-bond donors (Lipinski definition) is 3. The quantitative estimate of drug-likeness (QED) is 0.596. The summed E-state index contributed by atoms with van der Waals surface area (Å²) in [6.07, 6.45) is -1.16. The Morgan fingerprint density at radius 3 is 2.53 bits per heavy atom. The molecule has 170 valence electrons. The van der Waals surface area contributed by atoms with Crippen LogP contribution in [0, 0.1) is 5.82 Å². The molecule has 32 heavy (non-hydrogen) atoms. The summed E-state index contributed by atoms with van der Waals surface area (Å²) < 4.78 is 18.4. The van der Waals surface area contributed by atoms with E-state index in [0.29, 0.717) is 6.54 Å². The Hall–Kier alpha value is -3.50. The van der Waals surface area contributed by atoms with Crippen molar-refractivity contribution in [1.82, 2.24) is 15.1 Å². The van der Waals surface area contributed by atoms with Gasteiger partial charge in [0.15, 0.2) is 6.17 Å². The van der Waals surface area contributed by atoms with Gasteiger partial charge in [-0.25, -0.2) is 9.18 Å². The number of benzene rings is 2. The molecular weight excluding hydrogens is 417 g/mol. The van der Waals surface area contributed by atoms with Crippen LogP contribution in [0.15, 0.2) is 48.5 Å². The summed E-state index contributed by atoms with van der Waals surface area (Å²) in [5, 5.41) is 5.35. The van der Waals surface area contributed by atoms with Crippen molar-refractivity contribution in [2.45, 2.75) is 19.3 Å². The summed E-state index contributed by atoms with van der Waals surface area (Å²) in [5.41, 5.74) is 7.66. The minimum Gasteiger partial charge on any atom is -0.375 e. The van der Waals surface area contributed by atoms with Crippen molar-refractivity contribution in [2.24, 2.45) is 5.73 Å². The highest BCUT2D eigenvalue weighted by Gasteiger charge is 2.42. The Morgan fingerprint density at radius 2 is 1.81 bits per heavy atom. The van der Waals surface area contributed by atoms with Crippen LogP contribution in [-0.2, 0) is 27.4 Å². The van der Waals surface area contributed by atoms with Gasteiger partial charge in [0.05, 0.1) is 0 Å². The molecule has 1 atom stereocenters. The van der Waals surface area contributed by atoms with E-state index in [1.807, 2.05) is 24.3 Å². The largest absolute Gasteiger partial charge is 0.375 e. The van der Waals surface area contributed by atoms with E-state index in [1.54, 1.807) is 0 Å². The lowest BCUT2D eigenvalue weighted by Crippen LogP contribution is -2.55. The number of rotatable bonds is 7. The third-order valence-electron chi connectivity index (χ3n) is 5.03. The second-order valence-corrected chi connectivity index (χ2v) is 7.27. The first kappa shape index (κ1) is 23.2. The van der Waals surface area contributed by atoms with Crippen LogP contribution in [0.25, 0.3) is 0 Å². The predicted molar refractivity (Wildman–Crippen MR) is 116 cm³/mol. The molecule has 0 aliphatic carbocycles. The monoisotopic (exact) mass is 443 g/mol. The van der Waals surface area contributed by atoms with Crippen molar-refractivity contribution in [3.63, 3.8) is 0 Å². The molecule has 10 heteroatoms. The molecule has 1 aliphatic rings. The fourth-order valence-electron chi connectivity index (χ4n) is 3.50. The minimum atomic E-state index is -1.16. The molecule has 2 aromatic carbocycles. The number of methoxy groups -OCH3 is 1. The van der Waals surface area contributed by atoms with Crippen LogP contribution < -0.4 is 16.4 Å². The summed E-state index contributed by atoms with van der Waals surface area (Å²) in [4.78, 5) is 40.9. The zero-order valence-corrected chi connectivity index (χ0v) is 17.7. The summed E-state index contributed by atoms with van der Waals surface area (Å²) >= 11 is 0. The van der Waals surface area contributed by atoms with Gasteiger partial charge >= 0.3 is 6.03 Å². The fraction of sp³-hybridized carbons (Fsp3) is 0.318. The van der Waals surface area contributed by atoms with Gasteiger partial charge in [0.2, 0.25) is 0 Å². The molecule has 4 amide bonds. The molecule has 1 fully saturated rings. The zero-order chi connectivity index (χ0) is 23.1. The molecule has 2 aromatic rings. The lowest BCUT2D eigenvalue weighted by molar-refractivity contribution is -0.143. The molecule has 1 heterocycles. The van der Waals surface area contributed by atoms with E-state index in [2.05, 4.69) is 10.6 Å². The Labute approximate surface area is 185 Å². The van der Waals surface area contributed by atoms with Gasteiger partial charge in [-0.2, -0.15) is 0 Å². The van der Waals surface area contributed by atoms with Gasteiger partial charge in [0, 0.05) is 39.0 Å². The van der Waals surface area contributed by atoms with Gasteiger partial charge in [-0.05, 0) is 29.3 Å². The molecule has 1 unspecified atom stereocenters. The number of halogens is 1. The van der Waals surface area contributed by atoms with Crippen molar-refractivity contribution in [1.29, 1.82) is 0 Å². The number of nitrogens with one attached hydrogen (secondary N) is 2. The highest BCUT2D eigenvalue weighted by atomic mass is 19.1. The first-order chi connectivity index (χ1) is 15.4. The van der Waals surface area contributed by atoms with Gasteiger partial charge in [-0.15, -0.1) is 0 Å². The third kappa shape index (κ3) is 5.59. The second-order valence-electron chi connectivity index (χ2n) is 7.27. The summed E-state index contributed by atoms with van der Waals surface area (Å²) in [6, 6.07) is 12.2. The molecule has 0 bridgehead atoms. The molecular formula is C22H26FN5O4. The normalized spacial score (nSPS) is 15.5. The van der Waals surface area contributed by atoms with E-state index in [1.165, 1.54) is 41.2 Å². The Kier molecular flexibility index (Phi) is 7.74. The van der Waals surface area contributed by atoms with Crippen LogP contribution in [0.1, 0.15) is 11.1 Å². The van der Waals surface area contributed by atoms with E-state index >= 15 is 0 Å². The van der Waals surface area contributed by atoms with Gasteiger partial charge in [-0.3, -0.25) is 14.5 Å². The number of anilines is 1. The first-order valence-corrected chi connectivity index (χ1v) is 10.1. The summed E-state index contributed by atoms with van der Waals surface area (Å²) in [5.74, 6) is -1.44. The van der Waals surface area contributed by atoms with Crippen molar-refractivity contribution >= 4 is 23.5 Å². The van der Waals surface area contributed by atoms with Crippen molar-refractivity contribution < 1.29 is 23.5 Å². The van der Waals surface area contributed by atoms with Crippen LogP contribution >= 0.6 is 0 Å². The second kappa shape index (κ2) is 10.7. The van der Waals surface area contributed by atoms with E-state index in [0.717, 1.165) is 11.1 Å². The standard InChI is InChI=1S/C22H26FN5O4/c1-32-14-19(29)27-8-9-28(22(31)26-18-7-3-6-17(23)11-18)21(27)20(30)25-13-16-5-2-4-15(10-16)12-24/h2-7,10-11,21H,8-9,12-14,24H2,1H3,(H,25,30)(H,26,31). The molecule has 0 saturated carbocycles. The molecule has 0 spiro atoms. The average molecular weight is 443 g/mol. The molecule has 1 aliphatic heterocycles. The molecule has 0 radical (unpaired) electrons. The number of carbonyl (C=O) groups is 3. The Bertz CT molecular complexity index is 986. The smallest absolute Gasteiger partial charge is 0.323 e. The maximum absolute atomic E-state index is 13.5. The predicted octanol–water partition coefficient (Wildman–Crippen LogP) is 1.25. The van der Waals surface area contributed by atoms with Gasteiger partial charge < -0.3 is 26.0 Å². The number of nitrogens with two attached hydrogens (primary N) is 1. The molecule has 3 rings (SSSR count). The highest BCUT2D eigenvalue weighted by molar-refractivity contribution is 5.96. The number of nitrogens with zero attached hydrogens (tertiary/aromatic N) is 2. The third-order valence-corrected chi connectivity index (χ3v) is 5.03. The van der Waals surface area contributed by atoms with Crippen molar-refractivity contribution in [3.05, 3.63) is 65.5 Å². The highest BCUT2D eigenvalue weighted by Crippen LogP contribution is 2.19. The maximum atomic E-state index is 13.5. The van der Waals surface area contributed by atoms with E-state index in [9.17, 15) is 18.8 Å². The van der Waals surface area contributed by atoms with Gasteiger partial charge in [-0.1, -0.05) is 30.3 Å². The van der Waals surface area contributed by atoms with Crippen LogP contribution in [0.5, 0.6) is 0 Å². The van der Waals surface area contributed by atoms with Crippen LogP contribution in [-0.4, -0.2) is 60.6 Å². The topological polar surface area (TPSA) is 117 Å². The summed E-state index contributed by atoms with van der Waals surface area (Å²) in [6.45, 7) is 0.658. The number of hydrogen-bond acceptors (Lipinski definition) is 5. The fourth-order valence-corrected chi connectivity index (χ4v) is 3.50. The van der Waals surface area contributed by atoms with E-state index < -0.39 is 29.8 Å². The first-order valence-electron chi connectivity index (χ1n) is 10.1. The SMILES string of the molecule is COCC(=O)N1CCN(C(=O)Nc2cccc(F)c2)C1C(=O)NCc1cccc(CN)c1. The average Bonchev–Trinajstić information content (AvgIpc) is 3.23. The van der Waals surface area contributed by atoms with Crippen molar-refractivity contribution in [3.8, 4) is 0 Å². The van der Waals surface area contributed by atoms with Crippen molar-refractivity contribution in [2.75, 3.05) is 32.1 Å². The number of carbonyl (C=O) groups excluding carboxylic acids is 3. The number of amides is 4.